The maximum Gasteiger partial charge on any atom is 0.353 e. The van der Waals surface area contributed by atoms with Gasteiger partial charge in [-0.15, -0.1) is 11.8 Å². The second-order valence-electron chi connectivity index (χ2n) is 5.74. The average molecular weight is 443 g/mol. The molecule has 2 heterocycles. The summed E-state index contributed by atoms with van der Waals surface area (Å²) in [6.45, 7) is 0. The van der Waals surface area contributed by atoms with Crippen LogP contribution in [0.15, 0.2) is 10.7 Å². The van der Waals surface area contributed by atoms with E-state index in [0.717, 1.165) is 16.7 Å². The van der Waals surface area contributed by atoms with Crippen LogP contribution >= 0.6 is 23.4 Å². The molecule has 0 saturated carbocycles. The Hall–Kier alpha value is -2.34. The summed E-state index contributed by atoms with van der Waals surface area (Å²) in [7, 11) is 0. The number of amides is 2. The van der Waals surface area contributed by atoms with Gasteiger partial charge in [-0.25, -0.2) is 26.7 Å². The number of carboxylic acid groups (broad SMARTS) is 1. The van der Waals surface area contributed by atoms with Gasteiger partial charge >= 0.3 is 5.97 Å². The Morgan fingerprint density at radius 3 is 2.18 bits per heavy atom. The molecular weight excluding hydrogens is 435 g/mol. The molecule has 150 valence electrons. The van der Waals surface area contributed by atoms with Crippen LogP contribution in [0, 0.1) is 29.1 Å². The van der Waals surface area contributed by atoms with Gasteiger partial charge in [-0.1, -0.05) is 11.6 Å². The largest absolute Gasteiger partial charge is 0.477 e. The quantitative estimate of drug-likeness (QED) is 0.322. The third-order valence-corrected chi connectivity index (χ3v) is 5.83. The van der Waals surface area contributed by atoms with Gasteiger partial charge in [0.2, 0.25) is 11.7 Å². The number of rotatable bonds is 4. The molecule has 2 N–H and O–H groups in total. The van der Waals surface area contributed by atoms with Crippen LogP contribution in [-0.4, -0.2) is 45.0 Å². The molecule has 0 radical (unpaired) electrons. The van der Waals surface area contributed by atoms with E-state index in [1.807, 2.05) is 0 Å². The molecule has 3 rings (SSSR count). The topological polar surface area (TPSA) is 86.7 Å². The van der Waals surface area contributed by atoms with E-state index < -0.39 is 76.0 Å². The van der Waals surface area contributed by atoms with Crippen LogP contribution in [0.2, 0.25) is 0 Å². The molecule has 0 bridgehead atoms. The van der Waals surface area contributed by atoms with Gasteiger partial charge in [-0.05, 0) is 0 Å². The van der Waals surface area contributed by atoms with Crippen molar-refractivity contribution in [3.63, 3.8) is 0 Å². The van der Waals surface area contributed by atoms with E-state index in [0.29, 0.717) is 0 Å². The summed E-state index contributed by atoms with van der Waals surface area (Å²) >= 11 is 6.82. The molecule has 1 aromatic rings. The first kappa shape index (κ1) is 20.4. The van der Waals surface area contributed by atoms with Crippen molar-refractivity contribution in [2.24, 2.45) is 0 Å². The van der Waals surface area contributed by atoms with Gasteiger partial charge in [-0.3, -0.25) is 14.5 Å². The van der Waals surface area contributed by atoms with Crippen molar-refractivity contribution >= 4 is 41.1 Å². The molecule has 2 atom stereocenters. The van der Waals surface area contributed by atoms with Crippen LogP contribution < -0.4 is 5.32 Å². The van der Waals surface area contributed by atoms with Crippen molar-refractivity contribution in [1.29, 1.82) is 0 Å². The minimum Gasteiger partial charge on any atom is -0.477 e. The number of hydrogen-bond donors (Lipinski definition) is 2. The highest BCUT2D eigenvalue weighted by Gasteiger charge is 2.54. The second kappa shape index (κ2) is 7.24. The lowest BCUT2D eigenvalue weighted by Crippen LogP contribution is -2.70. The molecule has 13 heteroatoms. The smallest absolute Gasteiger partial charge is 0.353 e. The summed E-state index contributed by atoms with van der Waals surface area (Å²) in [5.74, 6) is -14.5. The number of fused-ring (bicyclic) bond motifs is 1. The zero-order valence-corrected chi connectivity index (χ0v) is 14.9. The van der Waals surface area contributed by atoms with Crippen LogP contribution in [0.3, 0.4) is 0 Å². The van der Waals surface area contributed by atoms with E-state index in [1.165, 1.54) is 0 Å². The van der Waals surface area contributed by atoms with Gasteiger partial charge in [0.05, 0.1) is 11.5 Å². The fourth-order valence-electron chi connectivity index (χ4n) is 2.77. The number of carbonyl (C=O) groups excluding carboxylic acids is 2. The summed E-state index contributed by atoms with van der Waals surface area (Å²) in [5, 5.41) is 10.3. The maximum atomic E-state index is 13.7. The minimum atomic E-state index is -2.35. The van der Waals surface area contributed by atoms with E-state index in [4.69, 9.17) is 16.7 Å². The Labute approximate surface area is 162 Å². The number of hydrogen-bond acceptors (Lipinski definition) is 4. The number of thioether (sulfide) groups is 1. The first-order valence-electron chi connectivity index (χ1n) is 7.42. The number of carboxylic acids is 1. The van der Waals surface area contributed by atoms with E-state index in [2.05, 4.69) is 5.32 Å². The molecular formula is C15H8ClF5N2O4S. The molecule has 0 aliphatic carbocycles. The molecule has 6 nitrogen and oxygen atoms in total. The first-order valence-corrected chi connectivity index (χ1v) is 8.85. The number of benzene rings is 1. The minimum absolute atomic E-state index is 0.0433. The number of aliphatic carboxylic acids is 1. The Bertz CT molecular complexity index is 928. The first-order chi connectivity index (χ1) is 13.1. The van der Waals surface area contributed by atoms with Crippen molar-refractivity contribution in [1.82, 2.24) is 10.2 Å². The van der Waals surface area contributed by atoms with Gasteiger partial charge in [0.15, 0.2) is 23.3 Å². The summed E-state index contributed by atoms with van der Waals surface area (Å²) in [6, 6.07) is -1.24. The SMILES string of the molecule is O=C(Cc1c(F)c(F)c(F)c(F)c1F)N[C@@H]1C(=O)N2C(C(=O)O)=C(Cl)CS[C@H]12. The molecule has 1 fully saturated rings. The third-order valence-electron chi connectivity index (χ3n) is 4.08. The summed E-state index contributed by atoms with van der Waals surface area (Å²) in [4.78, 5) is 36.2. The Morgan fingerprint density at radius 2 is 1.64 bits per heavy atom. The fraction of sp³-hybridized carbons (Fsp3) is 0.267. The molecule has 28 heavy (non-hydrogen) atoms. The molecule has 0 spiro atoms. The van der Waals surface area contributed by atoms with Crippen LogP contribution in [-0.2, 0) is 20.8 Å². The normalized spacial score (nSPS) is 21.4. The highest BCUT2D eigenvalue weighted by molar-refractivity contribution is 8.00. The zero-order chi connectivity index (χ0) is 20.9. The zero-order valence-electron chi connectivity index (χ0n) is 13.4. The highest BCUT2D eigenvalue weighted by Crippen LogP contribution is 2.41. The van der Waals surface area contributed by atoms with E-state index in [-0.39, 0.29) is 10.8 Å². The molecule has 1 saturated heterocycles. The summed E-state index contributed by atoms with van der Waals surface area (Å²) in [5.41, 5.74) is -1.79. The van der Waals surface area contributed by atoms with Gasteiger partial charge in [0, 0.05) is 11.3 Å². The Morgan fingerprint density at radius 1 is 1.11 bits per heavy atom. The van der Waals surface area contributed by atoms with Crippen molar-refractivity contribution in [3.8, 4) is 0 Å². The average Bonchev–Trinajstić information content (AvgIpc) is 2.65. The van der Waals surface area contributed by atoms with Crippen molar-refractivity contribution in [2.45, 2.75) is 17.8 Å². The Balaban J connectivity index is 1.76. The van der Waals surface area contributed by atoms with E-state index in [1.54, 1.807) is 0 Å². The Kier molecular flexibility index (Phi) is 5.28. The summed E-state index contributed by atoms with van der Waals surface area (Å²) < 4.78 is 66.8. The molecule has 1 aromatic carbocycles. The molecule has 2 aliphatic rings. The van der Waals surface area contributed by atoms with Gasteiger partial charge in [-0.2, -0.15) is 0 Å². The highest BCUT2D eigenvalue weighted by atomic mass is 35.5. The van der Waals surface area contributed by atoms with Crippen molar-refractivity contribution in [3.05, 3.63) is 45.4 Å². The third kappa shape index (κ3) is 3.09. The van der Waals surface area contributed by atoms with Crippen molar-refractivity contribution in [2.75, 3.05) is 5.75 Å². The molecule has 2 aliphatic heterocycles. The number of halogens is 6. The molecule has 0 unspecified atom stereocenters. The number of carbonyl (C=O) groups is 3. The van der Waals surface area contributed by atoms with Crippen molar-refractivity contribution < 1.29 is 41.4 Å². The maximum absolute atomic E-state index is 13.7. The molecule has 0 aromatic heterocycles. The second-order valence-corrected chi connectivity index (χ2v) is 7.30. The predicted octanol–water partition coefficient (Wildman–Crippen LogP) is 1.86. The predicted molar refractivity (Wildman–Crippen MR) is 85.5 cm³/mol. The van der Waals surface area contributed by atoms with Gasteiger partial charge in [0.1, 0.15) is 17.1 Å². The monoisotopic (exact) mass is 442 g/mol. The standard InChI is InChI=1S/C15H8ClF5N2O4S/c16-4-2-28-14-11(13(25)23(14)12(4)15(26)27)22-5(24)1-3-6(17)8(19)10(21)9(20)7(3)18/h11,14H,1-2H2,(H,22,24)(H,26,27)/t11-,14-/m1/s1. The van der Waals surface area contributed by atoms with E-state index >= 15 is 0 Å². The van der Waals surface area contributed by atoms with Gasteiger partial charge < -0.3 is 10.4 Å². The van der Waals surface area contributed by atoms with Crippen LogP contribution in [0.25, 0.3) is 0 Å². The lowest BCUT2D eigenvalue weighted by atomic mass is 10.0. The lowest BCUT2D eigenvalue weighted by Gasteiger charge is -2.48. The lowest BCUT2D eigenvalue weighted by molar-refractivity contribution is -0.150. The summed E-state index contributed by atoms with van der Waals surface area (Å²) in [6.07, 6.45) is -1.21. The number of β-lactam (4-membered cyclic amide) rings is 1. The fourth-order valence-corrected chi connectivity index (χ4v) is 4.32. The number of nitrogens with one attached hydrogen (secondary N) is 1. The molecule has 2 amide bonds. The van der Waals surface area contributed by atoms with Crippen LogP contribution in [0.5, 0.6) is 0 Å². The van der Waals surface area contributed by atoms with Gasteiger partial charge in [0.25, 0.3) is 5.91 Å². The van der Waals surface area contributed by atoms with E-state index in [9.17, 15) is 36.3 Å². The van der Waals surface area contributed by atoms with Crippen LogP contribution in [0.1, 0.15) is 5.56 Å². The number of nitrogens with zero attached hydrogens (tertiary/aromatic N) is 1. The van der Waals surface area contributed by atoms with Crippen LogP contribution in [0.4, 0.5) is 22.0 Å².